The molecule has 0 radical (unpaired) electrons. The second-order valence-electron chi connectivity index (χ2n) is 13.2. The lowest BCUT2D eigenvalue weighted by Gasteiger charge is -2.46. The first-order valence-corrected chi connectivity index (χ1v) is 17.9. The molecule has 2 atom stereocenters. The van der Waals surface area contributed by atoms with E-state index >= 15 is 0 Å². The van der Waals surface area contributed by atoms with Crippen molar-refractivity contribution in [2.75, 3.05) is 5.32 Å². The first-order chi connectivity index (χ1) is 23.5. The maximum absolute atomic E-state index is 15.0. The van der Waals surface area contributed by atoms with Crippen LogP contribution < -0.4 is 15.7 Å². The number of nitrogens with one attached hydrogen (secondary N) is 1. The van der Waals surface area contributed by atoms with E-state index in [1.165, 1.54) is 41.2 Å². The van der Waals surface area contributed by atoms with E-state index in [2.05, 4.69) is 65.3 Å². The van der Waals surface area contributed by atoms with Crippen LogP contribution in [-0.4, -0.2) is 32.8 Å². The van der Waals surface area contributed by atoms with E-state index in [0.29, 0.717) is 29.4 Å². The topological polar surface area (TPSA) is 108 Å². The highest BCUT2D eigenvalue weighted by molar-refractivity contribution is 6.99. The third kappa shape index (κ3) is 5.87. The summed E-state index contributed by atoms with van der Waals surface area (Å²) in [6.45, 7) is 6.63. The van der Waals surface area contributed by atoms with Gasteiger partial charge in [0.05, 0.1) is 28.1 Å². The van der Waals surface area contributed by atoms with Crippen molar-refractivity contribution >= 4 is 41.2 Å². The normalized spacial score (nSPS) is 16.3. The molecular formula is C37H34F2N6O3Si. The zero-order valence-electron chi connectivity index (χ0n) is 27.2. The molecule has 0 saturated carbocycles. The molecule has 0 aliphatic heterocycles. The maximum atomic E-state index is 15.0. The van der Waals surface area contributed by atoms with Gasteiger partial charge in [-0.3, -0.25) is 14.7 Å². The van der Waals surface area contributed by atoms with Crippen molar-refractivity contribution in [2.24, 2.45) is 0 Å². The number of halogens is 2. The molecule has 12 heteroatoms. The smallest absolute Gasteiger partial charge is 0.329 e. The summed E-state index contributed by atoms with van der Waals surface area (Å²) in [5.41, 5.74) is 2.03. The predicted octanol–water partition coefficient (Wildman–Crippen LogP) is 7.57. The number of nitro groups is 1. The van der Waals surface area contributed by atoms with Crippen LogP contribution in [0.25, 0.3) is 17.0 Å². The summed E-state index contributed by atoms with van der Waals surface area (Å²) < 4.78 is 38.0. The van der Waals surface area contributed by atoms with Gasteiger partial charge in [0.25, 0.3) is 8.32 Å². The van der Waals surface area contributed by atoms with Gasteiger partial charge in [0.15, 0.2) is 0 Å². The molecular weight excluding hydrogens is 643 g/mol. The molecule has 9 nitrogen and oxygen atoms in total. The van der Waals surface area contributed by atoms with Crippen molar-refractivity contribution < 1.29 is 18.1 Å². The molecule has 248 valence electrons. The van der Waals surface area contributed by atoms with E-state index in [4.69, 9.17) is 4.43 Å². The van der Waals surface area contributed by atoms with Crippen LogP contribution in [0.15, 0.2) is 110 Å². The van der Waals surface area contributed by atoms with Crippen LogP contribution in [-0.2, 0) is 4.43 Å². The highest BCUT2D eigenvalue weighted by Gasteiger charge is 2.52. The Labute approximate surface area is 282 Å². The van der Waals surface area contributed by atoms with Gasteiger partial charge < -0.3 is 9.74 Å². The van der Waals surface area contributed by atoms with Gasteiger partial charge in [0.1, 0.15) is 24.2 Å². The highest BCUT2D eigenvalue weighted by Crippen LogP contribution is 2.46. The van der Waals surface area contributed by atoms with E-state index in [9.17, 15) is 18.9 Å². The van der Waals surface area contributed by atoms with Crippen LogP contribution in [0.3, 0.4) is 0 Å². The number of benzene rings is 4. The van der Waals surface area contributed by atoms with Gasteiger partial charge in [-0.05, 0) is 63.6 Å². The summed E-state index contributed by atoms with van der Waals surface area (Å²) in [5, 5.41) is 17.4. The van der Waals surface area contributed by atoms with Gasteiger partial charge in [0.2, 0.25) is 11.8 Å². The maximum Gasteiger partial charge on any atom is 0.329 e. The molecule has 0 amide bonds. The van der Waals surface area contributed by atoms with Gasteiger partial charge in [0, 0.05) is 6.07 Å². The first-order valence-electron chi connectivity index (χ1n) is 16.0. The van der Waals surface area contributed by atoms with Crippen molar-refractivity contribution in [2.45, 2.75) is 50.8 Å². The third-order valence-corrected chi connectivity index (χ3v) is 14.3. The minimum absolute atomic E-state index is 0.0418. The molecule has 1 N–H and O–H groups in total. The number of aromatic nitrogens is 4. The summed E-state index contributed by atoms with van der Waals surface area (Å²) in [5.74, 6) is -0.865. The zero-order chi connectivity index (χ0) is 34.3. The van der Waals surface area contributed by atoms with Crippen molar-refractivity contribution in [3.63, 3.8) is 0 Å². The van der Waals surface area contributed by atoms with Crippen LogP contribution in [0.5, 0.6) is 0 Å². The number of fused-ring (bicyclic) bond motifs is 2. The van der Waals surface area contributed by atoms with Gasteiger partial charge in [-0.1, -0.05) is 87.5 Å². The zero-order valence-corrected chi connectivity index (χ0v) is 28.2. The van der Waals surface area contributed by atoms with Crippen molar-refractivity contribution in [3.05, 3.63) is 142 Å². The number of hydrogen-bond donors (Lipinski definition) is 1. The van der Waals surface area contributed by atoms with Gasteiger partial charge >= 0.3 is 5.69 Å². The monoisotopic (exact) mass is 676 g/mol. The minimum atomic E-state index is -2.96. The van der Waals surface area contributed by atoms with Gasteiger partial charge in [-0.2, -0.15) is 4.98 Å². The molecule has 7 rings (SSSR count). The standard InChI is InChI=1S/C37H34F2N6O3Si/c1-37(2,3)49(26-10-6-4-7-11-26,27-12-8-5-9-13-27)48-34-19-18-30(29-20-24(38)14-16-28(29)34)42-35-33(45(46)47)22-40-36(43-35)44-23-41-31-17-15-25(39)21-32(31)44/h4-17,20-23,30,34H,18-19H2,1-3H3,(H,40,42,43)/t30-,34-/m1/s1. The number of nitrogens with zero attached hydrogens (tertiary/aromatic N) is 5. The third-order valence-electron chi connectivity index (χ3n) is 9.21. The summed E-state index contributed by atoms with van der Waals surface area (Å²) in [4.78, 5) is 24.6. The van der Waals surface area contributed by atoms with E-state index < -0.39 is 30.9 Å². The van der Waals surface area contributed by atoms with Crippen LogP contribution in [0.1, 0.15) is 56.9 Å². The Morgan fingerprint density at radius 1 is 0.878 bits per heavy atom. The van der Waals surface area contributed by atoms with E-state index in [1.807, 2.05) is 36.4 Å². The Hall–Kier alpha value is -5.33. The lowest BCUT2D eigenvalue weighted by Crippen LogP contribution is -2.67. The molecule has 2 aromatic heterocycles. The quantitative estimate of drug-likeness (QED) is 0.101. The Morgan fingerprint density at radius 2 is 1.53 bits per heavy atom. The Kier molecular flexibility index (Phi) is 8.29. The average Bonchev–Trinajstić information content (AvgIpc) is 3.51. The van der Waals surface area contributed by atoms with Crippen molar-refractivity contribution in [3.8, 4) is 5.95 Å². The fourth-order valence-electron chi connectivity index (χ4n) is 6.97. The molecule has 4 aromatic carbocycles. The summed E-state index contributed by atoms with van der Waals surface area (Å²) in [7, 11) is -2.96. The largest absolute Gasteiger partial charge is 0.400 e. The second kappa shape index (κ2) is 12.6. The van der Waals surface area contributed by atoms with Crippen LogP contribution in [0.2, 0.25) is 5.04 Å². The molecule has 1 aliphatic carbocycles. The lowest BCUT2D eigenvalue weighted by molar-refractivity contribution is -0.384. The van der Waals surface area contributed by atoms with E-state index in [-0.39, 0.29) is 28.6 Å². The Bertz CT molecular complexity index is 2120. The molecule has 0 unspecified atom stereocenters. The van der Waals surface area contributed by atoms with Gasteiger partial charge in [-0.15, -0.1) is 0 Å². The predicted molar refractivity (Wildman–Crippen MR) is 187 cm³/mol. The first kappa shape index (κ1) is 32.2. The summed E-state index contributed by atoms with van der Waals surface area (Å²) in [6, 6.07) is 28.9. The molecule has 6 aromatic rings. The summed E-state index contributed by atoms with van der Waals surface area (Å²) >= 11 is 0. The van der Waals surface area contributed by atoms with E-state index in [1.54, 1.807) is 6.07 Å². The fourth-order valence-corrected chi connectivity index (χ4v) is 11.7. The average molecular weight is 677 g/mol. The van der Waals surface area contributed by atoms with Crippen molar-refractivity contribution in [1.82, 2.24) is 19.5 Å². The Morgan fingerprint density at radius 3 is 2.18 bits per heavy atom. The van der Waals surface area contributed by atoms with Gasteiger partial charge in [-0.25, -0.2) is 18.7 Å². The molecule has 2 heterocycles. The number of anilines is 1. The summed E-state index contributed by atoms with van der Waals surface area (Å²) in [6.07, 6.45) is 3.23. The van der Waals surface area contributed by atoms with Crippen LogP contribution >= 0.6 is 0 Å². The highest BCUT2D eigenvalue weighted by atomic mass is 28.4. The molecule has 0 bridgehead atoms. The lowest BCUT2D eigenvalue weighted by atomic mass is 9.85. The number of imidazole rings is 1. The van der Waals surface area contributed by atoms with Crippen LogP contribution in [0.4, 0.5) is 20.3 Å². The number of rotatable bonds is 8. The molecule has 0 spiro atoms. The van der Waals surface area contributed by atoms with E-state index in [0.717, 1.165) is 22.1 Å². The number of hydrogen-bond acceptors (Lipinski definition) is 7. The second-order valence-corrected chi connectivity index (χ2v) is 17.5. The molecule has 49 heavy (non-hydrogen) atoms. The fraction of sp³-hybridized carbons (Fsp3) is 0.216. The SMILES string of the molecule is CC(C)(C)[Si](O[C@@H]1CC[C@@H](Nc2nc(-n3cnc4ccc(F)cc43)ncc2[N+](=O)[O-])c2cc(F)ccc21)(c1ccccc1)c1ccccc1. The van der Waals surface area contributed by atoms with Crippen LogP contribution in [0, 0.1) is 21.7 Å². The Balaban J connectivity index is 1.29. The molecule has 0 saturated heterocycles. The van der Waals surface area contributed by atoms with Crippen molar-refractivity contribution in [1.29, 1.82) is 0 Å². The molecule has 1 aliphatic rings. The molecule has 0 fully saturated rings. The minimum Gasteiger partial charge on any atom is -0.400 e.